The highest BCUT2D eigenvalue weighted by Crippen LogP contribution is 2.26. The molecule has 0 aliphatic carbocycles. The van der Waals surface area contributed by atoms with Gasteiger partial charge in [-0.3, -0.25) is 4.79 Å². The lowest BCUT2D eigenvalue weighted by molar-refractivity contribution is -0.114. The Labute approximate surface area is 151 Å². The van der Waals surface area contributed by atoms with Gasteiger partial charge in [-0.2, -0.15) is 0 Å². The van der Waals surface area contributed by atoms with Gasteiger partial charge < -0.3 is 9.47 Å². The maximum absolute atomic E-state index is 12.1. The van der Waals surface area contributed by atoms with Gasteiger partial charge in [-0.15, -0.1) is 0 Å². The van der Waals surface area contributed by atoms with Gasteiger partial charge in [0.2, 0.25) is 0 Å². The molecule has 0 amide bonds. The number of hydrogen-bond donors (Lipinski definition) is 0. The Morgan fingerprint density at radius 2 is 1.88 bits per heavy atom. The molecule has 0 bridgehead atoms. The lowest BCUT2D eigenvalue weighted by Gasteiger charge is -2.09. The summed E-state index contributed by atoms with van der Waals surface area (Å²) in [6, 6.07) is 10.9. The number of ether oxygens (including phenoxy) is 2. The summed E-state index contributed by atoms with van der Waals surface area (Å²) in [7, 11) is 3.16. The third kappa shape index (κ3) is 4.76. The van der Waals surface area contributed by atoms with E-state index in [1.54, 1.807) is 44.6 Å². The quantitative estimate of drug-likeness (QED) is 0.654. The van der Waals surface area contributed by atoms with Crippen molar-refractivity contribution in [3.05, 3.63) is 69.7 Å². The molecule has 0 heterocycles. The number of carbonyl (C=O) groups is 1. The largest absolute Gasteiger partial charge is 0.497 e. The van der Waals surface area contributed by atoms with Crippen LogP contribution in [0.15, 0.2) is 48.6 Å². The van der Waals surface area contributed by atoms with Crippen molar-refractivity contribution in [3.63, 3.8) is 0 Å². The average Bonchev–Trinajstić information content (AvgIpc) is 2.59. The second-order valence-corrected chi connectivity index (χ2v) is 5.93. The summed E-state index contributed by atoms with van der Waals surface area (Å²) in [6.45, 7) is 0. The fourth-order valence-corrected chi connectivity index (χ4v) is 2.67. The van der Waals surface area contributed by atoms with Gasteiger partial charge in [0.05, 0.1) is 24.3 Å². The molecule has 0 unspecified atom stereocenters. The van der Waals surface area contributed by atoms with Crippen LogP contribution >= 0.6 is 23.2 Å². The normalized spacial score (nSPS) is 10.8. The van der Waals surface area contributed by atoms with Crippen LogP contribution in [0.2, 0.25) is 10.0 Å². The third-order valence-corrected chi connectivity index (χ3v) is 4.39. The molecule has 0 N–H and O–H groups in total. The lowest BCUT2D eigenvalue weighted by Crippen LogP contribution is -2.01. The van der Waals surface area contributed by atoms with Gasteiger partial charge in [0, 0.05) is 18.1 Å². The Morgan fingerprint density at radius 1 is 1.08 bits per heavy atom. The van der Waals surface area contributed by atoms with Gasteiger partial charge in [-0.25, -0.2) is 0 Å². The smallest absolute Gasteiger partial charge is 0.159 e. The molecule has 5 heteroatoms. The van der Waals surface area contributed by atoms with Gasteiger partial charge in [-0.05, 0) is 30.2 Å². The molecular weight excluding hydrogens is 347 g/mol. The van der Waals surface area contributed by atoms with Gasteiger partial charge >= 0.3 is 0 Å². The molecule has 0 fully saturated rings. The van der Waals surface area contributed by atoms with E-state index >= 15 is 0 Å². The van der Waals surface area contributed by atoms with Gasteiger partial charge in [0.1, 0.15) is 11.5 Å². The highest BCUT2D eigenvalue weighted by atomic mass is 35.5. The van der Waals surface area contributed by atoms with Crippen LogP contribution in [0.1, 0.15) is 11.1 Å². The number of hydrogen-bond acceptors (Lipinski definition) is 3. The first-order valence-electron chi connectivity index (χ1n) is 7.38. The second-order valence-electron chi connectivity index (χ2n) is 5.14. The highest BCUT2D eigenvalue weighted by molar-refractivity contribution is 6.42. The molecule has 3 nitrogen and oxygen atoms in total. The lowest BCUT2D eigenvalue weighted by atomic mass is 10.1. The molecule has 2 rings (SSSR count). The van der Waals surface area contributed by atoms with Crippen molar-refractivity contribution in [1.82, 2.24) is 0 Å². The maximum Gasteiger partial charge on any atom is 0.159 e. The van der Waals surface area contributed by atoms with Gasteiger partial charge in [0.25, 0.3) is 0 Å². The molecule has 2 aromatic rings. The number of allylic oxidation sites excluding steroid dienone is 2. The highest BCUT2D eigenvalue weighted by Gasteiger charge is 2.08. The molecule has 0 aromatic heterocycles. The Hall–Kier alpha value is -1.97. The zero-order valence-electron chi connectivity index (χ0n) is 13.5. The van der Waals surface area contributed by atoms with Crippen molar-refractivity contribution in [1.29, 1.82) is 0 Å². The summed E-state index contributed by atoms with van der Waals surface area (Å²) in [5.41, 5.74) is 1.70. The maximum atomic E-state index is 12.1. The summed E-state index contributed by atoms with van der Waals surface area (Å²) in [4.78, 5) is 12.1. The molecule has 0 spiro atoms. The van der Waals surface area contributed by atoms with E-state index in [0.29, 0.717) is 28.0 Å². The Bertz CT molecular complexity index is 754. The third-order valence-electron chi connectivity index (χ3n) is 3.53. The number of methoxy groups -OCH3 is 2. The summed E-state index contributed by atoms with van der Waals surface area (Å²) in [5.74, 6) is 1.31. The summed E-state index contributed by atoms with van der Waals surface area (Å²) < 4.78 is 10.5. The van der Waals surface area contributed by atoms with E-state index in [-0.39, 0.29) is 12.2 Å². The molecule has 0 atom stereocenters. The molecule has 0 aliphatic rings. The van der Waals surface area contributed by atoms with E-state index in [1.165, 1.54) is 0 Å². The first kappa shape index (κ1) is 18.4. The van der Waals surface area contributed by atoms with Gasteiger partial charge in [-0.1, -0.05) is 47.5 Å². The van der Waals surface area contributed by atoms with Crippen LogP contribution in [-0.2, 0) is 17.6 Å². The first-order valence-corrected chi connectivity index (χ1v) is 8.14. The van der Waals surface area contributed by atoms with E-state index in [2.05, 4.69) is 0 Å². The van der Waals surface area contributed by atoms with Crippen LogP contribution in [0.25, 0.3) is 0 Å². The zero-order chi connectivity index (χ0) is 17.5. The van der Waals surface area contributed by atoms with Crippen molar-refractivity contribution >= 4 is 29.0 Å². The molecule has 2 aromatic carbocycles. The van der Waals surface area contributed by atoms with Crippen LogP contribution in [0, 0.1) is 0 Å². The number of benzene rings is 2. The first-order chi connectivity index (χ1) is 11.5. The Balaban J connectivity index is 2.01. The van der Waals surface area contributed by atoms with Crippen LogP contribution in [0.5, 0.6) is 11.5 Å². The number of ketones is 1. The SMILES string of the molecule is COc1ccc(CC(=O)/C=C/Cc2cccc(Cl)c2Cl)c(OC)c1. The van der Waals surface area contributed by atoms with E-state index in [9.17, 15) is 4.79 Å². The van der Waals surface area contributed by atoms with Crippen LogP contribution in [0.3, 0.4) is 0 Å². The van der Waals surface area contributed by atoms with Crippen molar-refractivity contribution < 1.29 is 14.3 Å². The van der Waals surface area contributed by atoms with Crippen molar-refractivity contribution in [2.24, 2.45) is 0 Å². The molecule has 0 radical (unpaired) electrons. The second kappa shape index (κ2) is 8.76. The minimum Gasteiger partial charge on any atom is -0.497 e. The van der Waals surface area contributed by atoms with E-state index in [1.807, 2.05) is 18.2 Å². The monoisotopic (exact) mass is 364 g/mol. The summed E-state index contributed by atoms with van der Waals surface area (Å²) in [6.07, 6.45) is 4.15. The predicted molar refractivity (Wildman–Crippen MR) is 97.6 cm³/mol. The molecule has 126 valence electrons. The fraction of sp³-hybridized carbons (Fsp3) is 0.211. The minimum absolute atomic E-state index is 0.0170. The summed E-state index contributed by atoms with van der Waals surface area (Å²) >= 11 is 12.1. The molecular formula is C19H18Cl2O3. The molecule has 24 heavy (non-hydrogen) atoms. The Kier molecular flexibility index (Phi) is 6.71. The topological polar surface area (TPSA) is 35.5 Å². The number of carbonyl (C=O) groups excluding carboxylic acids is 1. The molecule has 0 saturated heterocycles. The fourth-order valence-electron chi connectivity index (χ4n) is 2.27. The number of halogens is 2. The van der Waals surface area contributed by atoms with Crippen molar-refractivity contribution in [3.8, 4) is 11.5 Å². The number of rotatable bonds is 7. The summed E-state index contributed by atoms with van der Waals surface area (Å²) in [5, 5.41) is 1.03. The van der Waals surface area contributed by atoms with Crippen LogP contribution in [-0.4, -0.2) is 20.0 Å². The van der Waals surface area contributed by atoms with Crippen LogP contribution < -0.4 is 9.47 Å². The standard InChI is InChI=1S/C19H18Cl2O3/c1-23-16-10-9-14(18(12-16)24-2)11-15(22)7-3-5-13-6-4-8-17(20)19(13)21/h3-4,6-10,12H,5,11H2,1-2H3/b7-3+. The van der Waals surface area contributed by atoms with Crippen LogP contribution in [0.4, 0.5) is 0 Å². The zero-order valence-corrected chi connectivity index (χ0v) is 15.0. The van der Waals surface area contributed by atoms with Crippen molar-refractivity contribution in [2.45, 2.75) is 12.8 Å². The molecule has 0 aliphatic heterocycles. The van der Waals surface area contributed by atoms with E-state index in [0.717, 1.165) is 11.1 Å². The predicted octanol–water partition coefficient (Wildman–Crippen LogP) is 4.92. The van der Waals surface area contributed by atoms with E-state index < -0.39 is 0 Å². The van der Waals surface area contributed by atoms with Crippen molar-refractivity contribution in [2.75, 3.05) is 14.2 Å². The molecule has 0 saturated carbocycles. The van der Waals surface area contributed by atoms with E-state index in [4.69, 9.17) is 32.7 Å². The van der Waals surface area contributed by atoms with Gasteiger partial charge in [0.15, 0.2) is 5.78 Å². The minimum atomic E-state index is -0.0170. The average molecular weight is 365 g/mol. The Morgan fingerprint density at radius 3 is 2.58 bits per heavy atom.